The second-order valence-corrected chi connectivity index (χ2v) is 4.83. The summed E-state index contributed by atoms with van der Waals surface area (Å²) in [5.74, 6) is 0.744. The Morgan fingerprint density at radius 2 is 2.20 bits per heavy atom. The molecule has 0 amide bonds. The van der Waals surface area contributed by atoms with E-state index in [9.17, 15) is 0 Å². The van der Waals surface area contributed by atoms with Crippen LogP contribution in [0.1, 0.15) is 13.8 Å². The lowest BCUT2D eigenvalue weighted by molar-refractivity contribution is 0.384. The van der Waals surface area contributed by atoms with E-state index in [-0.39, 0.29) is 5.41 Å². The number of aromatic nitrogens is 2. The molecule has 0 fully saturated rings. The van der Waals surface area contributed by atoms with Gasteiger partial charge >= 0.3 is 0 Å². The molecule has 0 aromatic carbocycles. The Morgan fingerprint density at radius 1 is 1.53 bits per heavy atom. The van der Waals surface area contributed by atoms with Gasteiger partial charge < -0.3 is 10.6 Å². The van der Waals surface area contributed by atoms with Crippen LogP contribution in [0.3, 0.4) is 0 Å². The number of nitrogens with two attached hydrogens (primary N) is 1. The van der Waals surface area contributed by atoms with Crippen molar-refractivity contribution in [3.63, 3.8) is 0 Å². The van der Waals surface area contributed by atoms with Crippen LogP contribution in [-0.2, 0) is 0 Å². The molecule has 84 valence electrons. The SMILES string of the molecule is CN(CC(C)(C)CN)c1ncncc1Cl. The van der Waals surface area contributed by atoms with E-state index >= 15 is 0 Å². The molecule has 0 aliphatic carbocycles. The van der Waals surface area contributed by atoms with Crippen molar-refractivity contribution in [3.8, 4) is 0 Å². The maximum absolute atomic E-state index is 5.99. The van der Waals surface area contributed by atoms with Crippen molar-refractivity contribution >= 4 is 17.4 Å². The number of anilines is 1. The van der Waals surface area contributed by atoms with E-state index in [2.05, 4.69) is 23.8 Å². The lowest BCUT2D eigenvalue weighted by atomic mass is 9.93. The Balaban J connectivity index is 2.78. The summed E-state index contributed by atoms with van der Waals surface area (Å²) in [4.78, 5) is 9.99. The van der Waals surface area contributed by atoms with Crippen LogP contribution in [0.25, 0.3) is 0 Å². The van der Waals surface area contributed by atoms with E-state index in [0.29, 0.717) is 11.6 Å². The number of nitrogens with zero attached hydrogens (tertiary/aromatic N) is 3. The minimum atomic E-state index is 0.0447. The van der Waals surface area contributed by atoms with Gasteiger partial charge in [-0.3, -0.25) is 0 Å². The molecule has 0 atom stereocenters. The molecule has 1 heterocycles. The van der Waals surface area contributed by atoms with E-state index in [1.807, 2.05) is 11.9 Å². The van der Waals surface area contributed by atoms with E-state index < -0.39 is 0 Å². The van der Waals surface area contributed by atoms with Gasteiger partial charge in [-0.05, 0) is 12.0 Å². The van der Waals surface area contributed by atoms with Crippen molar-refractivity contribution in [3.05, 3.63) is 17.5 Å². The number of halogens is 1. The zero-order valence-electron chi connectivity index (χ0n) is 9.37. The third kappa shape index (κ3) is 3.32. The summed E-state index contributed by atoms with van der Waals surface area (Å²) in [5.41, 5.74) is 5.72. The van der Waals surface area contributed by atoms with Crippen LogP contribution in [0.5, 0.6) is 0 Å². The predicted octanol–water partition coefficient (Wildman–Crippen LogP) is 1.55. The first kappa shape index (κ1) is 12.2. The van der Waals surface area contributed by atoms with Gasteiger partial charge in [0.15, 0.2) is 5.82 Å². The standard InChI is InChI=1S/C10H17ClN4/c1-10(2,5-12)6-15(3)9-8(11)4-13-7-14-9/h4,7H,5-6,12H2,1-3H3. The third-order valence-electron chi connectivity index (χ3n) is 2.23. The summed E-state index contributed by atoms with van der Waals surface area (Å²) in [7, 11) is 1.95. The van der Waals surface area contributed by atoms with Gasteiger partial charge in [0.05, 0.1) is 6.20 Å². The summed E-state index contributed by atoms with van der Waals surface area (Å²) >= 11 is 5.99. The van der Waals surface area contributed by atoms with Gasteiger partial charge in [-0.2, -0.15) is 0 Å². The molecule has 1 rings (SSSR count). The molecule has 2 N–H and O–H groups in total. The van der Waals surface area contributed by atoms with E-state index in [1.54, 1.807) is 6.20 Å². The maximum Gasteiger partial charge on any atom is 0.150 e. The van der Waals surface area contributed by atoms with Crippen LogP contribution >= 0.6 is 11.6 Å². The predicted molar refractivity (Wildman–Crippen MR) is 63.1 cm³/mol. The largest absolute Gasteiger partial charge is 0.358 e. The normalized spacial score (nSPS) is 11.5. The van der Waals surface area contributed by atoms with E-state index in [1.165, 1.54) is 6.33 Å². The monoisotopic (exact) mass is 228 g/mol. The van der Waals surface area contributed by atoms with Crippen molar-refractivity contribution < 1.29 is 0 Å². The molecule has 1 aromatic heterocycles. The molecule has 0 aliphatic rings. The highest BCUT2D eigenvalue weighted by Crippen LogP contribution is 2.23. The fourth-order valence-electron chi connectivity index (χ4n) is 1.37. The molecular weight excluding hydrogens is 212 g/mol. The van der Waals surface area contributed by atoms with Gasteiger partial charge in [0, 0.05) is 13.6 Å². The molecule has 0 aliphatic heterocycles. The molecule has 0 unspecified atom stereocenters. The van der Waals surface area contributed by atoms with Crippen LogP contribution in [-0.4, -0.2) is 30.1 Å². The van der Waals surface area contributed by atoms with Crippen molar-refractivity contribution in [2.75, 3.05) is 25.0 Å². The van der Waals surface area contributed by atoms with Crippen LogP contribution in [0, 0.1) is 5.41 Å². The Labute approximate surface area is 95.5 Å². The lowest BCUT2D eigenvalue weighted by Crippen LogP contribution is -2.37. The zero-order valence-corrected chi connectivity index (χ0v) is 10.1. The van der Waals surface area contributed by atoms with Crippen LogP contribution in [0.15, 0.2) is 12.5 Å². The highest BCUT2D eigenvalue weighted by atomic mass is 35.5. The van der Waals surface area contributed by atoms with Gasteiger partial charge in [0.1, 0.15) is 11.3 Å². The second-order valence-electron chi connectivity index (χ2n) is 4.42. The molecule has 4 nitrogen and oxygen atoms in total. The fraction of sp³-hybridized carbons (Fsp3) is 0.600. The van der Waals surface area contributed by atoms with Crippen molar-refractivity contribution in [2.24, 2.45) is 11.1 Å². The van der Waals surface area contributed by atoms with Crippen molar-refractivity contribution in [2.45, 2.75) is 13.8 Å². The number of hydrogen-bond donors (Lipinski definition) is 1. The van der Waals surface area contributed by atoms with Crippen LogP contribution < -0.4 is 10.6 Å². The minimum absolute atomic E-state index is 0.0447. The zero-order chi connectivity index (χ0) is 11.5. The Morgan fingerprint density at radius 3 is 2.73 bits per heavy atom. The number of hydrogen-bond acceptors (Lipinski definition) is 4. The molecule has 0 saturated carbocycles. The molecule has 0 spiro atoms. The first-order valence-electron chi connectivity index (χ1n) is 4.83. The van der Waals surface area contributed by atoms with Gasteiger partial charge in [-0.1, -0.05) is 25.4 Å². The van der Waals surface area contributed by atoms with Gasteiger partial charge in [0.25, 0.3) is 0 Å². The highest BCUT2D eigenvalue weighted by molar-refractivity contribution is 6.32. The molecule has 5 heteroatoms. The summed E-state index contributed by atoms with van der Waals surface area (Å²) in [6.07, 6.45) is 3.09. The number of rotatable bonds is 4. The van der Waals surface area contributed by atoms with Gasteiger partial charge in [-0.25, -0.2) is 9.97 Å². The average Bonchev–Trinajstić information content (AvgIpc) is 2.17. The van der Waals surface area contributed by atoms with Crippen molar-refractivity contribution in [1.29, 1.82) is 0 Å². The van der Waals surface area contributed by atoms with Gasteiger partial charge in [-0.15, -0.1) is 0 Å². The molecule has 0 saturated heterocycles. The summed E-state index contributed by atoms with van der Waals surface area (Å²) in [5, 5.41) is 0.563. The average molecular weight is 229 g/mol. The third-order valence-corrected chi connectivity index (χ3v) is 2.49. The van der Waals surface area contributed by atoms with E-state index in [0.717, 1.165) is 12.4 Å². The summed E-state index contributed by atoms with van der Waals surface area (Å²) in [6.45, 7) is 5.65. The topological polar surface area (TPSA) is 55.0 Å². The smallest absolute Gasteiger partial charge is 0.150 e. The fourth-order valence-corrected chi connectivity index (χ4v) is 1.62. The maximum atomic E-state index is 5.99. The second kappa shape index (κ2) is 4.77. The molecule has 15 heavy (non-hydrogen) atoms. The molecule has 1 aromatic rings. The summed E-state index contributed by atoms with van der Waals surface area (Å²) in [6, 6.07) is 0. The quantitative estimate of drug-likeness (QED) is 0.850. The highest BCUT2D eigenvalue weighted by Gasteiger charge is 2.20. The molecular formula is C10H17ClN4. The van der Waals surface area contributed by atoms with Gasteiger partial charge in [0.2, 0.25) is 0 Å². The Kier molecular flexibility index (Phi) is 3.88. The first-order chi connectivity index (χ1) is 6.96. The molecule has 0 bridgehead atoms. The summed E-state index contributed by atoms with van der Waals surface area (Å²) < 4.78 is 0. The molecule has 0 radical (unpaired) electrons. The minimum Gasteiger partial charge on any atom is -0.358 e. The van der Waals surface area contributed by atoms with Crippen LogP contribution in [0.2, 0.25) is 5.02 Å². The lowest BCUT2D eigenvalue weighted by Gasteiger charge is -2.29. The Hall–Kier alpha value is -0.870. The first-order valence-corrected chi connectivity index (χ1v) is 5.21. The van der Waals surface area contributed by atoms with Crippen molar-refractivity contribution in [1.82, 2.24) is 9.97 Å². The Bertz CT molecular complexity index is 327. The van der Waals surface area contributed by atoms with Crippen LogP contribution in [0.4, 0.5) is 5.82 Å². The van der Waals surface area contributed by atoms with E-state index in [4.69, 9.17) is 17.3 Å².